The van der Waals surface area contributed by atoms with Crippen LogP contribution in [0.3, 0.4) is 0 Å². The third-order valence-electron chi connectivity index (χ3n) is 11.7. The van der Waals surface area contributed by atoms with Gasteiger partial charge in [-0.3, -0.25) is 0 Å². The predicted octanol–water partition coefficient (Wildman–Crippen LogP) is 6.94. The topological polar surface area (TPSA) is 0 Å². The molecule has 12 unspecified atom stereocenters. The zero-order chi connectivity index (χ0) is 16.8. The van der Waals surface area contributed by atoms with E-state index >= 15 is 0 Å². The van der Waals surface area contributed by atoms with Crippen molar-refractivity contribution < 1.29 is 0 Å². The van der Waals surface area contributed by atoms with Crippen LogP contribution in [0.25, 0.3) is 0 Å². The van der Waals surface area contributed by atoms with Crippen LogP contribution in [0.15, 0.2) is 0 Å². The second-order valence-corrected chi connectivity index (χ2v) is 12.0. The van der Waals surface area contributed by atoms with E-state index < -0.39 is 0 Å². The predicted molar refractivity (Wildman–Crippen MR) is 107 cm³/mol. The highest BCUT2D eigenvalue weighted by atomic mass is 14.9. The number of rotatable bonds is 0. The molecule has 0 heterocycles. The molecule has 0 heteroatoms. The lowest BCUT2D eigenvalue weighted by atomic mass is 9.14. The van der Waals surface area contributed by atoms with Crippen molar-refractivity contribution in [3.63, 3.8) is 0 Å². The summed E-state index contributed by atoms with van der Waals surface area (Å²) >= 11 is 0. The summed E-state index contributed by atoms with van der Waals surface area (Å²) in [6.07, 6.45) is 22.0. The Labute approximate surface area is 161 Å². The van der Waals surface area contributed by atoms with Gasteiger partial charge in [-0.05, 0) is 96.7 Å². The Bertz CT molecular complexity index is 514. The molecule has 144 valence electrons. The van der Waals surface area contributed by atoms with Crippen LogP contribution in [-0.4, -0.2) is 0 Å². The van der Waals surface area contributed by atoms with Crippen molar-refractivity contribution in [2.45, 2.75) is 89.9 Å². The van der Waals surface area contributed by atoms with Crippen LogP contribution in [-0.2, 0) is 0 Å². The molecule has 7 fully saturated rings. The molecule has 0 nitrogen and oxygen atoms in total. The van der Waals surface area contributed by atoms with E-state index in [0.29, 0.717) is 0 Å². The number of hydrogen-bond donors (Lipinski definition) is 0. The lowest BCUT2D eigenvalue weighted by Gasteiger charge is -2.90. The minimum absolute atomic E-state index is 1.20. The molecule has 26 heavy (non-hydrogen) atoms. The molecule has 0 amide bonds. The average molecular weight is 353 g/mol. The van der Waals surface area contributed by atoms with Crippen LogP contribution in [0.1, 0.15) is 89.9 Å². The van der Waals surface area contributed by atoms with Crippen LogP contribution >= 0.6 is 0 Å². The van der Waals surface area contributed by atoms with E-state index in [1.807, 2.05) is 0 Å². The van der Waals surface area contributed by atoms with Crippen LogP contribution in [0.4, 0.5) is 0 Å². The summed E-state index contributed by atoms with van der Waals surface area (Å²) in [5.74, 6) is 15.0. The first-order valence-electron chi connectivity index (χ1n) is 13.0. The lowest BCUT2D eigenvalue weighted by molar-refractivity contribution is -0.431. The summed E-state index contributed by atoms with van der Waals surface area (Å²) in [6, 6.07) is 0. The van der Waals surface area contributed by atoms with E-state index in [1.54, 1.807) is 51.4 Å². The third-order valence-corrected chi connectivity index (χ3v) is 11.7. The average Bonchev–Trinajstić information content (AvgIpc) is 2.60. The van der Waals surface area contributed by atoms with Crippen LogP contribution in [0, 0.1) is 71.0 Å². The Balaban J connectivity index is 1.04. The van der Waals surface area contributed by atoms with Crippen molar-refractivity contribution in [1.82, 2.24) is 0 Å². The first-order valence-corrected chi connectivity index (χ1v) is 13.0. The van der Waals surface area contributed by atoms with Crippen molar-refractivity contribution in [1.29, 1.82) is 0 Å². The first kappa shape index (κ1) is 15.9. The molecule has 0 aromatic rings. The summed E-state index contributed by atoms with van der Waals surface area (Å²) in [7, 11) is 0. The SMILES string of the molecule is C1CCCCCCC2C(CCCCC1)C1C2C2C1C1C3C4CCC4C3C21. The third kappa shape index (κ3) is 1.80. The van der Waals surface area contributed by atoms with E-state index in [2.05, 4.69) is 0 Å². The van der Waals surface area contributed by atoms with Gasteiger partial charge in [0.1, 0.15) is 0 Å². The van der Waals surface area contributed by atoms with Crippen LogP contribution in [0.2, 0.25) is 0 Å². The fourth-order valence-electron chi connectivity index (χ4n) is 10.7. The molecule has 7 saturated carbocycles. The number of hydrogen-bond acceptors (Lipinski definition) is 0. The highest BCUT2D eigenvalue weighted by molar-refractivity contribution is 5.32. The van der Waals surface area contributed by atoms with E-state index in [0.717, 1.165) is 0 Å². The molecule has 0 aromatic carbocycles. The van der Waals surface area contributed by atoms with Gasteiger partial charge in [-0.1, -0.05) is 64.2 Å². The smallest absolute Gasteiger partial charge is 0.0312 e. The Morgan fingerprint density at radius 1 is 0.231 bits per heavy atom. The quantitative estimate of drug-likeness (QED) is 0.414. The lowest BCUT2D eigenvalue weighted by Crippen LogP contribution is -2.86. The Hall–Kier alpha value is 0. The van der Waals surface area contributed by atoms with Crippen molar-refractivity contribution in [3.05, 3.63) is 0 Å². The maximum absolute atomic E-state index is 1.63. The molecule has 0 bridgehead atoms. The van der Waals surface area contributed by atoms with E-state index in [1.165, 1.54) is 110 Å². The van der Waals surface area contributed by atoms with Gasteiger partial charge in [0.15, 0.2) is 0 Å². The summed E-state index contributed by atoms with van der Waals surface area (Å²) in [6.45, 7) is 0. The maximum atomic E-state index is 1.63. The molecule has 7 aliphatic rings. The van der Waals surface area contributed by atoms with E-state index in [-0.39, 0.29) is 0 Å². The van der Waals surface area contributed by atoms with Gasteiger partial charge in [-0.2, -0.15) is 0 Å². The fourth-order valence-corrected chi connectivity index (χ4v) is 10.7. The zero-order valence-electron chi connectivity index (χ0n) is 16.8. The van der Waals surface area contributed by atoms with Crippen LogP contribution in [0.5, 0.6) is 0 Å². The van der Waals surface area contributed by atoms with Gasteiger partial charge < -0.3 is 0 Å². The van der Waals surface area contributed by atoms with Crippen LogP contribution < -0.4 is 0 Å². The van der Waals surface area contributed by atoms with Gasteiger partial charge in [-0.15, -0.1) is 0 Å². The minimum Gasteiger partial charge on any atom is -0.0533 e. The molecule has 7 rings (SSSR count). The summed E-state index contributed by atoms with van der Waals surface area (Å²) < 4.78 is 0. The molecule has 0 aliphatic heterocycles. The van der Waals surface area contributed by atoms with Gasteiger partial charge in [0.05, 0.1) is 0 Å². The van der Waals surface area contributed by atoms with Gasteiger partial charge in [0.2, 0.25) is 0 Å². The standard InChI is InChI=1S/C26H40/c1-2-4-6-8-10-12-16-15(11-9-7-5-3-1)19-20(16)24-23(19)25-21-17-13-14-18(17)22(21)26(24)25/h15-26H,1-14H2. The highest BCUT2D eigenvalue weighted by Crippen LogP contribution is 2.89. The molecular weight excluding hydrogens is 312 g/mol. The summed E-state index contributed by atoms with van der Waals surface area (Å²) in [5.41, 5.74) is 0. The fraction of sp³-hybridized carbons (Fsp3) is 1.00. The minimum atomic E-state index is 1.20. The Kier molecular flexibility index (Phi) is 3.52. The second-order valence-electron chi connectivity index (χ2n) is 12.0. The molecule has 12 atom stereocenters. The monoisotopic (exact) mass is 352 g/mol. The van der Waals surface area contributed by atoms with Gasteiger partial charge >= 0.3 is 0 Å². The van der Waals surface area contributed by atoms with Gasteiger partial charge in [0.25, 0.3) is 0 Å². The van der Waals surface area contributed by atoms with Crippen molar-refractivity contribution in [2.24, 2.45) is 71.0 Å². The molecule has 0 radical (unpaired) electrons. The first-order chi connectivity index (χ1) is 13.0. The van der Waals surface area contributed by atoms with E-state index in [4.69, 9.17) is 0 Å². The Morgan fingerprint density at radius 2 is 0.500 bits per heavy atom. The molecular formula is C26H40. The molecule has 7 aliphatic carbocycles. The number of fused-ring (bicyclic) bond motifs is 16. The molecule has 0 spiro atoms. The van der Waals surface area contributed by atoms with Crippen molar-refractivity contribution >= 4 is 0 Å². The normalized spacial score (nSPS) is 62.8. The second kappa shape index (κ2) is 5.76. The Morgan fingerprint density at radius 3 is 0.808 bits per heavy atom. The maximum Gasteiger partial charge on any atom is -0.0312 e. The molecule has 0 N–H and O–H groups in total. The van der Waals surface area contributed by atoms with Gasteiger partial charge in [0, 0.05) is 0 Å². The highest BCUT2D eigenvalue weighted by Gasteiger charge is 2.85. The molecule has 0 saturated heterocycles. The summed E-state index contributed by atoms with van der Waals surface area (Å²) in [5, 5.41) is 0. The van der Waals surface area contributed by atoms with Gasteiger partial charge in [-0.25, -0.2) is 0 Å². The van der Waals surface area contributed by atoms with Crippen molar-refractivity contribution in [3.8, 4) is 0 Å². The zero-order valence-corrected chi connectivity index (χ0v) is 16.8. The van der Waals surface area contributed by atoms with E-state index in [9.17, 15) is 0 Å². The molecule has 0 aromatic heterocycles. The summed E-state index contributed by atoms with van der Waals surface area (Å²) in [4.78, 5) is 0. The van der Waals surface area contributed by atoms with Crippen molar-refractivity contribution in [2.75, 3.05) is 0 Å². The largest absolute Gasteiger partial charge is 0.0533 e.